The Kier molecular flexibility index (Phi) is 4.97. The van der Waals surface area contributed by atoms with Crippen LogP contribution in [-0.4, -0.2) is 32.6 Å². The van der Waals surface area contributed by atoms with E-state index in [-0.39, 0.29) is 12.2 Å². The summed E-state index contributed by atoms with van der Waals surface area (Å²) in [7, 11) is -1.52. The Balaban J connectivity index is 2.84. The van der Waals surface area contributed by atoms with Gasteiger partial charge in [0.05, 0.1) is 19.0 Å². The molecule has 0 spiro atoms. The van der Waals surface area contributed by atoms with Crippen LogP contribution in [0.25, 0.3) is 0 Å². The highest BCUT2D eigenvalue weighted by Gasteiger charge is 2.15. The van der Waals surface area contributed by atoms with Crippen molar-refractivity contribution in [3.63, 3.8) is 0 Å². The third-order valence-corrected chi connectivity index (χ3v) is 4.02. The molecular weight excluding hydrogens is 308 g/mol. The SMILES string of the molecule is COc1ccc(Br)c(C(O)CCS(C)(=O)=O)c1. The van der Waals surface area contributed by atoms with Crippen molar-refractivity contribution in [1.82, 2.24) is 0 Å². The molecule has 1 aromatic carbocycles. The summed E-state index contributed by atoms with van der Waals surface area (Å²) in [4.78, 5) is 0. The topological polar surface area (TPSA) is 63.6 Å². The maximum atomic E-state index is 11.0. The Labute approximate surface area is 110 Å². The number of hydrogen-bond donors (Lipinski definition) is 1. The first-order valence-corrected chi connectivity index (χ1v) is 7.88. The third kappa shape index (κ3) is 4.65. The van der Waals surface area contributed by atoms with Gasteiger partial charge in [0.25, 0.3) is 0 Å². The quantitative estimate of drug-likeness (QED) is 0.899. The Morgan fingerprint density at radius 2 is 2.12 bits per heavy atom. The number of halogens is 1. The van der Waals surface area contributed by atoms with Crippen LogP contribution in [0.2, 0.25) is 0 Å². The van der Waals surface area contributed by atoms with Crippen LogP contribution in [0.15, 0.2) is 22.7 Å². The van der Waals surface area contributed by atoms with E-state index in [0.29, 0.717) is 11.3 Å². The summed E-state index contributed by atoms with van der Waals surface area (Å²) in [6.07, 6.45) is 0.500. The van der Waals surface area contributed by atoms with Gasteiger partial charge in [-0.25, -0.2) is 8.42 Å². The zero-order chi connectivity index (χ0) is 13.1. The van der Waals surface area contributed by atoms with Gasteiger partial charge in [-0.3, -0.25) is 0 Å². The second kappa shape index (κ2) is 5.84. The number of sulfone groups is 1. The van der Waals surface area contributed by atoms with E-state index in [0.717, 1.165) is 10.7 Å². The zero-order valence-corrected chi connectivity index (χ0v) is 12.1. The van der Waals surface area contributed by atoms with Crippen LogP contribution in [0, 0.1) is 0 Å². The molecule has 1 atom stereocenters. The molecule has 0 saturated heterocycles. The average Bonchev–Trinajstić information content (AvgIpc) is 2.25. The molecule has 0 aliphatic heterocycles. The van der Waals surface area contributed by atoms with Crippen LogP contribution in [0.1, 0.15) is 18.1 Å². The first kappa shape index (κ1) is 14.5. The molecule has 6 heteroatoms. The maximum Gasteiger partial charge on any atom is 0.147 e. The number of aliphatic hydroxyl groups excluding tert-OH is 1. The Morgan fingerprint density at radius 3 is 2.65 bits per heavy atom. The van der Waals surface area contributed by atoms with Gasteiger partial charge in [0.1, 0.15) is 15.6 Å². The lowest BCUT2D eigenvalue weighted by Crippen LogP contribution is -2.09. The lowest BCUT2D eigenvalue weighted by molar-refractivity contribution is 0.173. The predicted molar refractivity (Wildman–Crippen MR) is 70.0 cm³/mol. The van der Waals surface area contributed by atoms with Gasteiger partial charge in [0.15, 0.2) is 0 Å². The van der Waals surface area contributed by atoms with E-state index < -0.39 is 15.9 Å². The van der Waals surface area contributed by atoms with Crippen molar-refractivity contribution in [2.75, 3.05) is 19.1 Å². The molecule has 0 aliphatic rings. The number of hydrogen-bond acceptors (Lipinski definition) is 4. The molecule has 1 rings (SSSR count). The molecule has 0 radical (unpaired) electrons. The smallest absolute Gasteiger partial charge is 0.147 e. The van der Waals surface area contributed by atoms with Crippen LogP contribution in [0.3, 0.4) is 0 Å². The van der Waals surface area contributed by atoms with Gasteiger partial charge in [-0.05, 0) is 30.2 Å². The first-order chi connectivity index (χ1) is 7.83. The van der Waals surface area contributed by atoms with E-state index >= 15 is 0 Å². The second-order valence-electron chi connectivity index (χ2n) is 3.82. The minimum atomic E-state index is -3.06. The Morgan fingerprint density at radius 1 is 1.47 bits per heavy atom. The third-order valence-electron chi connectivity index (χ3n) is 2.32. The number of aliphatic hydroxyl groups is 1. The van der Waals surface area contributed by atoms with Crippen molar-refractivity contribution in [3.05, 3.63) is 28.2 Å². The minimum absolute atomic E-state index is 0.0438. The Bertz CT molecular complexity index is 484. The van der Waals surface area contributed by atoms with Gasteiger partial charge in [-0.15, -0.1) is 0 Å². The molecule has 0 aromatic heterocycles. The largest absolute Gasteiger partial charge is 0.497 e. The highest BCUT2D eigenvalue weighted by Crippen LogP contribution is 2.29. The standard InChI is InChI=1S/C11H15BrO4S/c1-16-8-3-4-10(12)9(7-8)11(13)5-6-17(2,14)15/h3-4,7,11,13H,5-6H2,1-2H3. The molecular formula is C11H15BrO4S. The van der Waals surface area contributed by atoms with Gasteiger partial charge in [0.2, 0.25) is 0 Å². The molecule has 1 aromatic rings. The lowest BCUT2D eigenvalue weighted by atomic mass is 10.1. The fraction of sp³-hybridized carbons (Fsp3) is 0.455. The Hall–Kier alpha value is -0.590. The summed E-state index contributed by atoms with van der Waals surface area (Å²) < 4.78 is 27.8. The monoisotopic (exact) mass is 322 g/mol. The average molecular weight is 323 g/mol. The normalized spacial score (nSPS) is 13.4. The molecule has 0 bridgehead atoms. The summed E-state index contributed by atoms with van der Waals surface area (Å²) in [5.41, 5.74) is 0.632. The van der Waals surface area contributed by atoms with E-state index in [4.69, 9.17) is 4.74 Å². The summed E-state index contributed by atoms with van der Waals surface area (Å²) in [5.74, 6) is 0.583. The van der Waals surface area contributed by atoms with Crippen LogP contribution in [0.5, 0.6) is 5.75 Å². The molecule has 96 valence electrons. The predicted octanol–water partition coefficient (Wildman–Crippen LogP) is 1.93. The summed E-state index contributed by atoms with van der Waals surface area (Å²) >= 11 is 3.32. The van der Waals surface area contributed by atoms with Crippen molar-refractivity contribution < 1.29 is 18.3 Å². The van der Waals surface area contributed by atoms with E-state index in [1.165, 1.54) is 7.11 Å². The van der Waals surface area contributed by atoms with Gasteiger partial charge < -0.3 is 9.84 Å². The summed E-state index contributed by atoms with van der Waals surface area (Å²) in [6.45, 7) is 0. The lowest BCUT2D eigenvalue weighted by Gasteiger charge is -2.13. The van der Waals surface area contributed by atoms with E-state index in [1.54, 1.807) is 18.2 Å². The van der Waals surface area contributed by atoms with Crippen LogP contribution in [0.4, 0.5) is 0 Å². The maximum absolute atomic E-state index is 11.0. The fourth-order valence-corrected chi connectivity index (χ4v) is 2.55. The van der Waals surface area contributed by atoms with Crippen molar-refractivity contribution in [1.29, 1.82) is 0 Å². The van der Waals surface area contributed by atoms with E-state index in [1.807, 2.05) is 0 Å². The first-order valence-electron chi connectivity index (χ1n) is 5.02. The number of benzene rings is 1. The number of rotatable bonds is 5. The minimum Gasteiger partial charge on any atom is -0.497 e. The molecule has 0 amide bonds. The van der Waals surface area contributed by atoms with Crippen molar-refractivity contribution in [3.8, 4) is 5.75 Å². The molecule has 0 fully saturated rings. The van der Waals surface area contributed by atoms with Crippen molar-refractivity contribution in [2.45, 2.75) is 12.5 Å². The molecule has 1 N–H and O–H groups in total. The summed E-state index contributed by atoms with van der Waals surface area (Å²) in [6, 6.07) is 5.21. The van der Waals surface area contributed by atoms with Gasteiger partial charge >= 0.3 is 0 Å². The van der Waals surface area contributed by atoms with Gasteiger partial charge in [-0.2, -0.15) is 0 Å². The molecule has 0 saturated carbocycles. The number of ether oxygens (including phenoxy) is 1. The molecule has 1 unspecified atom stereocenters. The van der Waals surface area contributed by atoms with E-state index in [2.05, 4.69) is 15.9 Å². The van der Waals surface area contributed by atoms with Gasteiger partial charge in [0, 0.05) is 10.7 Å². The highest BCUT2D eigenvalue weighted by atomic mass is 79.9. The van der Waals surface area contributed by atoms with Crippen LogP contribution < -0.4 is 4.74 Å². The number of methoxy groups -OCH3 is 1. The summed E-state index contributed by atoms with van der Waals surface area (Å²) in [5, 5.41) is 9.93. The zero-order valence-electron chi connectivity index (χ0n) is 9.68. The molecule has 0 heterocycles. The second-order valence-corrected chi connectivity index (χ2v) is 6.94. The van der Waals surface area contributed by atoms with Crippen molar-refractivity contribution >= 4 is 25.8 Å². The van der Waals surface area contributed by atoms with Crippen LogP contribution >= 0.6 is 15.9 Å². The fourth-order valence-electron chi connectivity index (χ4n) is 1.39. The highest BCUT2D eigenvalue weighted by molar-refractivity contribution is 9.10. The van der Waals surface area contributed by atoms with Crippen molar-refractivity contribution in [2.24, 2.45) is 0 Å². The van der Waals surface area contributed by atoms with Gasteiger partial charge in [-0.1, -0.05) is 15.9 Å². The molecule has 4 nitrogen and oxygen atoms in total. The molecule has 17 heavy (non-hydrogen) atoms. The molecule has 0 aliphatic carbocycles. The van der Waals surface area contributed by atoms with Crippen LogP contribution in [-0.2, 0) is 9.84 Å². The van der Waals surface area contributed by atoms with E-state index in [9.17, 15) is 13.5 Å².